The van der Waals surface area contributed by atoms with Gasteiger partial charge in [0, 0.05) is 56.8 Å². The van der Waals surface area contributed by atoms with Gasteiger partial charge in [0.15, 0.2) is 0 Å². The number of halogens is 1. The summed E-state index contributed by atoms with van der Waals surface area (Å²) in [4.78, 5) is 29.1. The number of rotatable bonds is 6. The van der Waals surface area contributed by atoms with Crippen LogP contribution in [0, 0.1) is 5.41 Å². The van der Waals surface area contributed by atoms with Gasteiger partial charge in [0.1, 0.15) is 17.6 Å². The van der Waals surface area contributed by atoms with Crippen LogP contribution in [0.25, 0.3) is 0 Å². The first-order chi connectivity index (χ1) is 17.2. The average molecular weight is 503 g/mol. The first-order valence-corrected chi connectivity index (χ1v) is 13.5. The smallest absolute Gasteiger partial charge is 0.410 e. The summed E-state index contributed by atoms with van der Waals surface area (Å²) in [6, 6.07) is 0.681. The average Bonchev–Trinajstić information content (AvgIpc) is 3.09. The third-order valence-electron chi connectivity index (χ3n) is 8.27. The molecule has 6 rings (SSSR count). The van der Waals surface area contributed by atoms with E-state index < -0.39 is 11.8 Å². The summed E-state index contributed by atoms with van der Waals surface area (Å²) >= 11 is 0. The molecule has 0 radical (unpaired) electrons. The Labute approximate surface area is 212 Å². The lowest BCUT2D eigenvalue weighted by Crippen LogP contribution is -2.57. The van der Waals surface area contributed by atoms with Gasteiger partial charge in [-0.15, -0.1) is 0 Å². The highest BCUT2D eigenvalue weighted by molar-refractivity contribution is 5.70. The van der Waals surface area contributed by atoms with Crippen molar-refractivity contribution in [3.8, 4) is 6.01 Å². The molecule has 10 heteroatoms. The molecule has 3 unspecified atom stereocenters. The van der Waals surface area contributed by atoms with Crippen LogP contribution >= 0.6 is 0 Å². The predicted molar refractivity (Wildman–Crippen MR) is 133 cm³/mol. The fourth-order valence-corrected chi connectivity index (χ4v) is 6.29. The molecule has 198 valence electrons. The zero-order chi connectivity index (χ0) is 25.1. The van der Waals surface area contributed by atoms with Crippen LogP contribution in [0.4, 0.5) is 15.0 Å². The maximum atomic E-state index is 13.6. The molecule has 2 bridgehead atoms. The molecule has 36 heavy (non-hydrogen) atoms. The molecule has 9 nitrogen and oxygen atoms in total. The fourth-order valence-electron chi connectivity index (χ4n) is 6.29. The Balaban J connectivity index is 1.15. The van der Waals surface area contributed by atoms with E-state index >= 15 is 0 Å². The molecule has 3 atom stereocenters. The lowest BCUT2D eigenvalue weighted by molar-refractivity contribution is 0.0122. The van der Waals surface area contributed by atoms with E-state index in [2.05, 4.69) is 15.1 Å². The van der Waals surface area contributed by atoms with Crippen LogP contribution in [-0.4, -0.2) is 89.0 Å². The highest BCUT2D eigenvalue weighted by Gasteiger charge is 2.47. The van der Waals surface area contributed by atoms with Gasteiger partial charge in [0.2, 0.25) is 0 Å². The molecule has 1 aliphatic carbocycles. The van der Waals surface area contributed by atoms with Crippen molar-refractivity contribution < 1.29 is 18.7 Å². The molecule has 0 aromatic carbocycles. The number of carbonyl (C=O) groups excluding carboxylic acids is 1. The first-order valence-electron chi connectivity index (χ1n) is 13.5. The molecule has 0 spiro atoms. The molecule has 1 N–H and O–H groups in total. The number of amides is 1. The quantitative estimate of drug-likeness (QED) is 0.636. The van der Waals surface area contributed by atoms with Crippen molar-refractivity contribution in [1.29, 1.82) is 0 Å². The second-order valence-electron chi connectivity index (χ2n) is 12.4. The summed E-state index contributed by atoms with van der Waals surface area (Å²) in [5.41, 5.74) is 1.74. The number of nitrogens with zero attached hydrogens (tertiary/aromatic N) is 5. The lowest BCUT2D eigenvalue weighted by Gasteiger charge is -2.42. The van der Waals surface area contributed by atoms with Crippen LogP contribution in [0.3, 0.4) is 0 Å². The highest BCUT2D eigenvalue weighted by atomic mass is 19.1. The number of aromatic nitrogens is 2. The zero-order valence-electron chi connectivity index (χ0n) is 21.8. The normalized spacial score (nSPS) is 28.9. The maximum absolute atomic E-state index is 13.6. The number of piperazine rings is 1. The largest absolute Gasteiger partial charge is 0.463 e. The number of ether oxygens (including phenoxy) is 2. The van der Waals surface area contributed by atoms with E-state index in [-0.39, 0.29) is 23.6 Å². The van der Waals surface area contributed by atoms with E-state index in [4.69, 9.17) is 19.4 Å². The summed E-state index contributed by atoms with van der Waals surface area (Å²) in [6.45, 7) is 11.5. The third kappa shape index (κ3) is 4.86. The molecule has 4 fully saturated rings. The number of hydrogen-bond acceptors (Lipinski definition) is 8. The van der Waals surface area contributed by atoms with E-state index in [0.717, 1.165) is 75.5 Å². The summed E-state index contributed by atoms with van der Waals surface area (Å²) in [6.07, 6.45) is 3.92. The van der Waals surface area contributed by atoms with Crippen LogP contribution in [0.15, 0.2) is 0 Å². The molecule has 1 amide bonds. The van der Waals surface area contributed by atoms with Crippen LogP contribution in [0.1, 0.15) is 64.1 Å². The van der Waals surface area contributed by atoms with Crippen LogP contribution in [-0.2, 0) is 17.8 Å². The van der Waals surface area contributed by atoms with Gasteiger partial charge >= 0.3 is 12.1 Å². The number of likely N-dealkylation sites (tertiary alicyclic amines) is 1. The Morgan fingerprint density at radius 1 is 1.11 bits per heavy atom. The predicted octanol–water partition coefficient (Wildman–Crippen LogP) is 2.87. The minimum absolute atomic E-state index is 0.100. The van der Waals surface area contributed by atoms with Crippen LogP contribution in [0.5, 0.6) is 6.01 Å². The van der Waals surface area contributed by atoms with E-state index in [9.17, 15) is 9.18 Å². The molecule has 5 heterocycles. The molecule has 1 aromatic heterocycles. The molecule has 5 aliphatic rings. The van der Waals surface area contributed by atoms with Gasteiger partial charge in [-0.05, 0) is 52.9 Å². The van der Waals surface area contributed by atoms with Gasteiger partial charge in [0.25, 0.3) is 0 Å². The Bertz CT molecular complexity index is 998. The summed E-state index contributed by atoms with van der Waals surface area (Å²) in [7, 11) is 0. The van der Waals surface area contributed by atoms with Gasteiger partial charge in [-0.1, -0.05) is 0 Å². The van der Waals surface area contributed by atoms with Crippen molar-refractivity contribution in [3.63, 3.8) is 0 Å². The lowest BCUT2D eigenvalue weighted by atomic mass is 10.1. The van der Waals surface area contributed by atoms with E-state index in [1.807, 2.05) is 25.7 Å². The van der Waals surface area contributed by atoms with Crippen molar-refractivity contribution in [2.75, 3.05) is 44.2 Å². The SMILES string of the molecule is CC(C)(C)OC(=O)N1C2CCC1CN(c1nc(OCC3(CN4CCC(F)C4)CC3)nc3c1CNC3)C2. The number of hydrogen-bond donors (Lipinski definition) is 1. The molecular formula is C26H39FN6O3. The Hall–Kier alpha value is -2.20. The minimum Gasteiger partial charge on any atom is -0.463 e. The minimum atomic E-state index is -0.692. The summed E-state index contributed by atoms with van der Waals surface area (Å²) in [5.74, 6) is 0.936. The van der Waals surface area contributed by atoms with Crippen LogP contribution < -0.4 is 15.0 Å². The third-order valence-corrected chi connectivity index (χ3v) is 8.27. The van der Waals surface area contributed by atoms with Gasteiger partial charge in [-0.2, -0.15) is 9.97 Å². The number of carbonyl (C=O) groups is 1. The highest BCUT2D eigenvalue weighted by Crippen LogP contribution is 2.47. The number of anilines is 1. The number of alkyl halides is 1. The van der Waals surface area contributed by atoms with Gasteiger partial charge < -0.3 is 19.7 Å². The second kappa shape index (κ2) is 8.97. The molecule has 3 saturated heterocycles. The number of fused-ring (bicyclic) bond motifs is 3. The van der Waals surface area contributed by atoms with Crippen molar-refractivity contribution in [1.82, 2.24) is 25.1 Å². The van der Waals surface area contributed by atoms with Crippen molar-refractivity contribution in [3.05, 3.63) is 11.3 Å². The van der Waals surface area contributed by atoms with Gasteiger partial charge in [0.05, 0.1) is 24.4 Å². The molecule has 1 aromatic rings. The zero-order valence-corrected chi connectivity index (χ0v) is 21.8. The van der Waals surface area contributed by atoms with Gasteiger partial charge in [-0.25, -0.2) is 9.18 Å². The summed E-state index contributed by atoms with van der Waals surface area (Å²) in [5, 5.41) is 3.41. The Morgan fingerprint density at radius 3 is 2.50 bits per heavy atom. The molecular weight excluding hydrogens is 463 g/mol. The topological polar surface area (TPSA) is 83.1 Å². The first kappa shape index (κ1) is 24.2. The fraction of sp³-hybridized carbons (Fsp3) is 0.808. The van der Waals surface area contributed by atoms with Crippen molar-refractivity contribution in [2.45, 2.75) is 89.8 Å². The van der Waals surface area contributed by atoms with Gasteiger partial charge in [-0.3, -0.25) is 9.80 Å². The molecule has 1 saturated carbocycles. The van der Waals surface area contributed by atoms with Crippen LogP contribution in [0.2, 0.25) is 0 Å². The van der Waals surface area contributed by atoms with E-state index in [1.54, 1.807) is 0 Å². The summed E-state index contributed by atoms with van der Waals surface area (Å²) < 4.78 is 25.6. The van der Waals surface area contributed by atoms with Crippen molar-refractivity contribution >= 4 is 11.9 Å². The number of nitrogens with one attached hydrogen (secondary N) is 1. The van der Waals surface area contributed by atoms with E-state index in [1.165, 1.54) is 0 Å². The van der Waals surface area contributed by atoms with Crippen molar-refractivity contribution in [2.24, 2.45) is 5.41 Å². The Kier molecular flexibility index (Phi) is 6.02. The molecule has 4 aliphatic heterocycles. The standard InChI is InChI=1S/C26H39FN6O3/c1-25(2,3)36-24(34)33-18-4-5-19(33)14-32(13-18)22-20-10-28-11-21(20)29-23(30-22)35-16-26(7-8-26)15-31-9-6-17(27)12-31/h17-19,28H,4-16H2,1-3H3. The monoisotopic (exact) mass is 502 g/mol. The Morgan fingerprint density at radius 2 is 1.86 bits per heavy atom. The maximum Gasteiger partial charge on any atom is 0.410 e. The second-order valence-corrected chi connectivity index (χ2v) is 12.4. The van der Waals surface area contributed by atoms with E-state index in [0.29, 0.717) is 32.1 Å².